The Labute approximate surface area is 56.2 Å². The van der Waals surface area contributed by atoms with Crippen LogP contribution >= 0.6 is 20.1 Å². The summed E-state index contributed by atoms with van der Waals surface area (Å²) in [5, 5.41) is 0. The third kappa shape index (κ3) is 56.5. The standard InChI is InChI=1S/C2H7Si.2ClH.Cr/c1-3-2;;;/h3H,1-2H3;2*1H;/q;;;+2/p-2. The number of hydrogen-bond acceptors (Lipinski definition) is 0. The topological polar surface area (TPSA) is 0 Å². The van der Waals surface area contributed by atoms with Gasteiger partial charge in [0.25, 0.3) is 0 Å². The molecule has 0 aliphatic rings. The second-order valence-electron chi connectivity index (χ2n) is 0.636. The Morgan fingerprint density at radius 1 is 1.33 bits per heavy atom. The molecule has 0 N–H and O–H groups in total. The van der Waals surface area contributed by atoms with Gasteiger partial charge in [-0.15, -0.1) is 0 Å². The molecule has 0 saturated heterocycles. The molecule has 0 heterocycles. The van der Waals surface area contributed by atoms with Gasteiger partial charge in [-0.05, 0) is 0 Å². The summed E-state index contributed by atoms with van der Waals surface area (Å²) in [7, 11) is 10.4. The van der Waals surface area contributed by atoms with Crippen molar-refractivity contribution in [2.24, 2.45) is 0 Å². The van der Waals surface area contributed by atoms with E-state index in [1.165, 1.54) is 0 Å². The summed E-state index contributed by atoms with van der Waals surface area (Å²) in [6.07, 6.45) is 0. The fourth-order valence-corrected chi connectivity index (χ4v) is 0. The zero-order valence-electron chi connectivity index (χ0n) is 3.74. The summed E-state index contributed by atoms with van der Waals surface area (Å²) in [4.78, 5) is 0. The minimum atomic E-state index is -0.181. The molecule has 0 rings (SSSR count). The van der Waals surface area contributed by atoms with E-state index in [0.717, 1.165) is 9.52 Å². The first kappa shape index (κ1) is 10.3. The third-order valence-corrected chi connectivity index (χ3v) is 0. The van der Waals surface area contributed by atoms with Crippen molar-refractivity contribution < 1.29 is 13.4 Å². The maximum absolute atomic E-state index is 4.83. The van der Waals surface area contributed by atoms with Crippen molar-refractivity contribution in [2.45, 2.75) is 13.1 Å². The van der Waals surface area contributed by atoms with Crippen LogP contribution in [-0.4, -0.2) is 9.52 Å². The van der Waals surface area contributed by atoms with Gasteiger partial charge in [0.2, 0.25) is 0 Å². The van der Waals surface area contributed by atoms with E-state index in [-0.39, 0.29) is 13.4 Å². The van der Waals surface area contributed by atoms with Gasteiger partial charge in [-0.25, -0.2) is 0 Å². The average Bonchev–Trinajstić information content (AvgIpc) is 1.39. The van der Waals surface area contributed by atoms with Crippen molar-refractivity contribution in [3.8, 4) is 0 Å². The Bertz CT molecular complexity index is 13.5. The van der Waals surface area contributed by atoms with E-state index in [4.69, 9.17) is 20.1 Å². The minimum absolute atomic E-state index is 0.181. The molecule has 0 amide bonds. The molecule has 0 fully saturated rings. The van der Waals surface area contributed by atoms with Gasteiger partial charge >= 0.3 is 33.5 Å². The molecule has 4 heteroatoms. The summed E-state index contributed by atoms with van der Waals surface area (Å²) >= 11 is -0.181. The van der Waals surface area contributed by atoms with Gasteiger partial charge in [0.1, 0.15) is 0 Å². The number of halogens is 2. The molecule has 0 aromatic heterocycles. The Morgan fingerprint density at radius 2 is 1.33 bits per heavy atom. The van der Waals surface area contributed by atoms with E-state index >= 15 is 0 Å². The fourth-order valence-electron chi connectivity index (χ4n) is 0. The molecular formula is C2H7Cl2CrSi. The molecule has 0 bridgehead atoms. The fraction of sp³-hybridized carbons (Fsp3) is 1.00. The van der Waals surface area contributed by atoms with Crippen molar-refractivity contribution in [3.05, 3.63) is 0 Å². The van der Waals surface area contributed by atoms with Crippen molar-refractivity contribution in [3.63, 3.8) is 0 Å². The zero-order chi connectivity index (χ0) is 5.41. The molecule has 6 heavy (non-hydrogen) atoms. The van der Waals surface area contributed by atoms with Gasteiger partial charge < -0.3 is 0 Å². The van der Waals surface area contributed by atoms with E-state index < -0.39 is 0 Å². The predicted octanol–water partition coefficient (Wildman–Crippen LogP) is 1.90. The average molecular weight is 182 g/mol. The van der Waals surface area contributed by atoms with E-state index in [1.807, 2.05) is 0 Å². The van der Waals surface area contributed by atoms with Gasteiger partial charge in [0, 0.05) is 9.52 Å². The zero-order valence-corrected chi connectivity index (χ0v) is 7.68. The van der Waals surface area contributed by atoms with Crippen LogP contribution in [0.3, 0.4) is 0 Å². The predicted molar refractivity (Wildman–Crippen MR) is 30.6 cm³/mol. The van der Waals surface area contributed by atoms with Gasteiger partial charge in [0.05, 0.1) is 0 Å². The first-order valence-electron chi connectivity index (χ1n) is 1.46. The van der Waals surface area contributed by atoms with Gasteiger partial charge in [0.15, 0.2) is 0 Å². The van der Waals surface area contributed by atoms with E-state index in [1.54, 1.807) is 0 Å². The molecule has 0 unspecified atom stereocenters. The summed E-state index contributed by atoms with van der Waals surface area (Å²) in [6, 6.07) is 0. The first-order valence-corrected chi connectivity index (χ1v) is 7.28. The van der Waals surface area contributed by atoms with Crippen molar-refractivity contribution in [1.82, 2.24) is 0 Å². The van der Waals surface area contributed by atoms with E-state index in [2.05, 4.69) is 13.1 Å². The Morgan fingerprint density at radius 3 is 1.33 bits per heavy atom. The second-order valence-corrected chi connectivity index (χ2v) is 3.90. The molecule has 0 aromatic carbocycles. The van der Waals surface area contributed by atoms with Crippen LogP contribution in [0.25, 0.3) is 0 Å². The van der Waals surface area contributed by atoms with Crippen molar-refractivity contribution in [1.29, 1.82) is 0 Å². The monoisotopic (exact) mass is 181 g/mol. The van der Waals surface area contributed by atoms with Crippen LogP contribution in [0.5, 0.6) is 0 Å². The summed E-state index contributed by atoms with van der Waals surface area (Å²) in [5.74, 6) is 0. The maximum atomic E-state index is 4.83. The SMILES string of the molecule is C[SiH]C.[Cl][Cr][Cl]. The van der Waals surface area contributed by atoms with Crippen molar-refractivity contribution >= 4 is 29.6 Å². The van der Waals surface area contributed by atoms with Crippen LogP contribution < -0.4 is 0 Å². The second kappa shape index (κ2) is 16.2. The van der Waals surface area contributed by atoms with Gasteiger partial charge in [-0.1, -0.05) is 13.1 Å². The molecule has 0 atom stereocenters. The van der Waals surface area contributed by atoms with Crippen LogP contribution in [0.4, 0.5) is 0 Å². The molecule has 39 valence electrons. The normalized spacial score (nSPS) is 6.00. The van der Waals surface area contributed by atoms with Crippen LogP contribution in [0.2, 0.25) is 13.1 Å². The number of rotatable bonds is 0. The Balaban J connectivity index is 0. The summed E-state index contributed by atoms with van der Waals surface area (Å²) in [6.45, 7) is 4.42. The molecule has 0 spiro atoms. The number of hydrogen-bond donors (Lipinski definition) is 0. The Hall–Kier alpha value is 1.33. The van der Waals surface area contributed by atoms with E-state index in [0.29, 0.717) is 0 Å². The first-order chi connectivity index (χ1) is 2.83. The molecule has 0 aliphatic carbocycles. The quantitative estimate of drug-likeness (QED) is 0.502. The van der Waals surface area contributed by atoms with Crippen molar-refractivity contribution in [2.75, 3.05) is 0 Å². The molecule has 0 aromatic rings. The van der Waals surface area contributed by atoms with Crippen LogP contribution in [0.1, 0.15) is 0 Å². The van der Waals surface area contributed by atoms with Crippen LogP contribution in [0, 0.1) is 0 Å². The van der Waals surface area contributed by atoms with Crippen LogP contribution in [0.15, 0.2) is 0 Å². The Kier molecular flexibility index (Phi) is 27.9. The molecule has 0 nitrogen and oxygen atoms in total. The summed E-state index contributed by atoms with van der Waals surface area (Å²) in [5.41, 5.74) is 0. The van der Waals surface area contributed by atoms with Gasteiger partial charge in [-0.2, -0.15) is 0 Å². The van der Waals surface area contributed by atoms with E-state index in [9.17, 15) is 0 Å². The summed E-state index contributed by atoms with van der Waals surface area (Å²) < 4.78 is 0. The molecule has 0 saturated carbocycles. The van der Waals surface area contributed by atoms with Gasteiger partial charge in [-0.3, -0.25) is 0 Å². The molecular weight excluding hydrogens is 175 g/mol. The molecule has 0 aliphatic heterocycles. The van der Waals surface area contributed by atoms with Crippen LogP contribution in [-0.2, 0) is 13.4 Å². The molecule has 1 radical (unpaired) electrons. The third-order valence-electron chi connectivity index (χ3n) is 0.